The maximum absolute atomic E-state index is 12.0. The monoisotopic (exact) mass is 313 g/mol. The summed E-state index contributed by atoms with van der Waals surface area (Å²) in [7, 11) is -3.81. The smallest absolute Gasteiger partial charge is 0.345 e. The quantitative estimate of drug-likeness (QED) is 0.780. The van der Waals surface area contributed by atoms with Crippen LogP contribution in [0.3, 0.4) is 0 Å². The highest BCUT2D eigenvalue weighted by atomic mass is 32.2. The second kappa shape index (κ2) is 5.61. The number of hydrogen-bond acceptors (Lipinski definition) is 5. The fraction of sp³-hybridized carbons (Fsp3) is 0.0833. The van der Waals surface area contributed by atoms with Crippen molar-refractivity contribution in [1.29, 1.82) is 0 Å². The van der Waals surface area contributed by atoms with Crippen LogP contribution in [-0.4, -0.2) is 24.6 Å². The molecule has 2 aromatic rings. The number of benzene rings is 1. The van der Waals surface area contributed by atoms with Gasteiger partial charge in [0, 0.05) is 11.1 Å². The average molecular weight is 313 g/mol. The van der Waals surface area contributed by atoms with E-state index in [1.165, 1.54) is 17.5 Å². The molecule has 0 radical (unpaired) electrons. The molecule has 0 fully saturated rings. The van der Waals surface area contributed by atoms with Crippen LogP contribution in [0.2, 0.25) is 0 Å². The molecule has 0 saturated heterocycles. The molecule has 1 heterocycles. The zero-order chi connectivity index (χ0) is 14.8. The number of nitrogens with one attached hydrogen (secondary N) is 1. The maximum atomic E-state index is 12.0. The molecule has 8 heteroatoms. The minimum absolute atomic E-state index is 0.0407. The normalized spacial score (nSPS) is 11.2. The Morgan fingerprint density at radius 2 is 1.90 bits per heavy atom. The lowest BCUT2D eigenvalue weighted by Gasteiger charge is -2.06. The van der Waals surface area contributed by atoms with Crippen molar-refractivity contribution in [2.24, 2.45) is 0 Å². The van der Waals surface area contributed by atoms with E-state index in [1.54, 1.807) is 12.1 Å². The third-order valence-electron chi connectivity index (χ3n) is 2.49. The van der Waals surface area contributed by atoms with Crippen molar-refractivity contribution in [3.8, 4) is 0 Å². The topological polar surface area (TPSA) is 104 Å². The molecule has 106 valence electrons. The molecule has 20 heavy (non-hydrogen) atoms. The van der Waals surface area contributed by atoms with Crippen LogP contribution in [-0.2, 0) is 16.6 Å². The minimum atomic E-state index is -3.81. The number of hydrogen-bond donors (Lipinski definition) is 3. The number of rotatable bonds is 5. The van der Waals surface area contributed by atoms with Gasteiger partial charge in [-0.25, -0.2) is 13.2 Å². The third kappa shape index (κ3) is 3.16. The van der Waals surface area contributed by atoms with Gasteiger partial charge in [0.25, 0.3) is 10.0 Å². The van der Waals surface area contributed by atoms with Crippen LogP contribution < -0.4 is 4.72 Å². The molecule has 0 bridgehead atoms. The zero-order valence-electron chi connectivity index (χ0n) is 10.1. The first-order valence-corrected chi connectivity index (χ1v) is 7.83. The van der Waals surface area contributed by atoms with E-state index in [0.717, 1.165) is 17.4 Å². The van der Waals surface area contributed by atoms with E-state index in [1.807, 2.05) is 0 Å². The Labute approximate surface area is 119 Å². The molecule has 0 aliphatic rings. The zero-order valence-corrected chi connectivity index (χ0v) is 11.7. The lowest BCUT2D eigenvalue weighted by molar-refractivity contribution is 0.0702. The van der Waals surface area contributed by atoms with Gasteiger partial charge in [0.15, 0.2) is 0 Å². The molecule has 3 N–H and O–H groups in total. The van der Waals surface area contributed by atoms with Gasteiger partial charge < -0.3 is 10.2 Å². The van der Waals surface area contributed by atoms with Crippen LogP contribution in [0.15, 0.2) is 40.6 Å². The minimum Gasteiger partial charge on any atom is -0.477 e. The first-order valence-electron chi connectivity index (χ1n) is 5.47. The highest BCUT2D eigenvalue weighted by Crippen LogP contribution is 2.22. The SMILES string of the molecule is O=C(O)c1cc(S(=O)(=O)Nc2ccc(CO)cc2)cs1. The van der Waals surface area contributed by atoms with Gasteiger partial charge in [-0.1, -0.05) is 12.1 Å². The molecule has 0 saturated carbocycles. The Kier molecular flexibility index (Phi) is 4.07. The predicted molar refractivity (Wildman–Crippen MR) is 74.5 cm³/mol. The molecule has 0 unspecified atom stereocenters. The summed E-state index contributed by atoms with van der Waals surface area (Å²) in [5.74, 6) is -1.16. The Hall–Kier alpha value is -1.90. The van der Waals surface area contributed by atoms with Crippen molar-refractivity contribution in [1.82, 2.24) is 0 Å². The second-order valence-corrected chi connectivity index (χ2v) is 6.51. The Morgan fingerprint density at radius 1 is 1.25 bits per heavy atom. The molecular weight excluding hydrogens is 302 g/mol. The van der Waals surface area contributed by atoms with Crippen molar-refractivity contribution in [2.75, 3.05) is 4.72 Å². The number of aliphatic hydroxyl groups is 1. The van der Waals surface area contributed by atoms with Crippen molar-refractivity contribution < 1.29 is 23.4 Å². The highest BCUT2D eigenvalue weighted by Gasteiger charge is 2.18. The Balaban J connectivity index is 2.23. The molecule has 0 aliphatic heterocycles. The van der Waals surface area contributed by atoms with E-state index < -0.39 is 16.0 Å². The van der Waals surface area contributed by atoms with Gasteiger partial charge in [-0.15, -0.1) is 11.3 Å². The van der Waals surface area contributed by atoms with Gasteiger partial charge >= 0.3 is 5.97 Å². The molecule has 0 aliphatic carbocycles. The Morgan fingerprint density at radius 3 is 2.40 bits per heavy atom. The summed E-state index contributed by atoms with van der Waals surface area (Å²) in [5.41, 5.74) is 1.00. The summed E-state index contributed by atoms with van der Waals surface area (Å²) in [6, 6.07) is 7.33. The predicted octanol–water partition coefficient (Wildman–Crippen LogP) is 1.74. The second-order valence-electron chi connectivity index (χ2n) is 3.91. The van der Waals surface area contributed by atoms with Crippen LogP contribution in [0.1, 0.15) is 15.2 Å². The fourth-order valence-corrected chi connectivity index (χ4v) is 3.63. The average Bonchev–Trinajstić information content (AvgIpc) is 2.90. The molecular formula is C12H11NO5S2. The lowest BCUT2D eigenvalue weighted by Crippen LogP contribution is -2.12. The van der Waals surface area contributed by atoms with E-state index >= 15 is 0 Å². The van der Waals surface area contributed by atoms with Crippen LogP contribution in [0.4, 0.5) is 5.69 Å². The fourth-order valence-electron chi connectivity index (χ4n) is 1.46. The van der Waals surface area contributed by atoms with Crippen molar-refractivity contribution in [3.05, 3.63) is 46.2 Å². The van der Waals surface area contributed by atoms with Gasteiger partial charge in [-0.2, -0.15) is 0 Å². The van der Waals surface area contributed by atoms with Gasteiger partial charge in [-0.3, -0.25) is 4.72 Å². The number of carboxylic acids is 1. The molecule has 0 atom stereocenters. The van der Waals surface area contributed by atoms with Crippen LogP contribution in [0.5, 0.6) is 0 Å². The van der Waals surface area contributed by atoms with Gasteiger partial charge in [0.05, 0.1) is 11.5 Å². The number of carbonyl (C=O) groups is 1. The number of sulfonamides is 1. The molecule has 2 rings (SSSR count). The summed E-state index contributed by atoms with van der Waals surface area (Å²) in [6.07, 6.45) is 0. The summed E-state index contributed by atoms with van der Waals surface area (Å²) >= 11 is 0.849. The highest BCUT2D eigenvalue weighted by molar-refractivity contribution is 7.92. The van der Waals surface area contributed by atoms with Gasteiger partial charge in [-0.05, 0) is 23.8 Å². The maximum Gasteiger partial charge on any atom is 0.345 e. The number of aromatic carboxylic acids is 1. The molecule has 6 nitrogen and oxygen atoms in total. The first kappa shape index (κ1) is 14.5. The number of thiophene rings is 1. The van der Waals surface area contributed by atoms with Crippen LogP contribution in [0.25, 0.3) is 0 Å². The van der Waals surface area contributed by atoms with Crippen molar-refractivity contribution in [2.45, 2.75) is 11.5 Å². The van der Waals surface area contributed by atoms with E-state index in [2.05, 4.69) is 4.72 Å². The number of carboxylic acid groups (broad SMARTS) is 1. The summed E-state index contributed by atoms with van der Waals surface area (Å²) in [5, 5.41) is 19.0. The number of aliphatic hydroxyl groups excluding tert-OH is 1. The molecule has 0 spiro atoms. The largest absolute Gasteiger partial charge is 0.477 e. The third-order valence-corrected chi connectivity index (χ3v) is 4.91. The Bertz CT molecular complexity index is 719. The lowest BCUT2D eigenvalue weighted by atomic mass is 10.2. The van der Waals surface area contributed by atoms with Gasteiger partial charge in [0.1, 0.15) is 4.88 Å². The van der Waals surface area contributed by atoms with Crippen LogP contribution >= 0.6 is 11.3 Å². The molecule has 1 aromatic heterocycles. The molecule has 0 amide bonds. The van der Waals surface area contributed by atoms with Crippen LogP contribution in [0, 0.1) is 0 Å². The van der Waals surface area contributed by atoms with E-state index in [9.17, 15) is 13.2 Å². The molecule has 1 aromatic carbocycles. The van der Waals surface area contributed by atoms with Crippen molar-refractivity contribution in [3.63, 3.8) is 0 Å². The first-order chi connectivity index (χ1) is 9.42. The standard InChI is InChI=1S/C12H11NO5S2/c14-6-8-1-3-9(4-2-8)13-20(17,18)10-5-11(12(15)16)19-7-10/h1-5,7,13-14H,6H2,(H,15,16). The van der Waals surface area contributed by atoms with E-state index in [-0.39, 0.29) is 16.4 Å². The van der Waals surface area contributed by atoms with Gasteiger partial charge in [0.2, 0.25) is 0 Å². The summed E-state index contributed by atoms with van der Waals surface area (Å²) < 4.78 is 26.4. The van der Waals surface area contributed by atoms with E-state index in [0.29, 0.717) is 11.3 Å². The van der Waals surface area contributed by atoms with E-state index in [4.69, 9.17) is 10.2 Å². The summed E-state index contributed by atoms with van der Waals surface area (Å²) in [6.45, 7) is -0.125. The summed E-state index contributed by atoms with van der Waals surface area (Å²) in [4.78, 5) is 10.6. The van der Waals surface area contributed by atoms with Crippen molar-refractivity contribution >= 4 is 33.0 Å². The number of anilines is 1.